The number of nitrogens with zero attached hydrogens (tertiary/aromatic N) is 4. The van der Waals surface area contributed by atoms with E-state index < -0.39 is 0 Å². The van der Waals surface area contributed by atoms with Crippen LogP contribution in [0.15, 0.2) is 62.4 Å². The van der Waals surface area contributed by atoms with Crippen LogP contribution in [0.3, 0.4) is 0 Å². The van der Waals surface area contributed by atoms with Crippen molar-refractivity contribution in [2.24, 2.45) is 0 Å². The van der Waals surface area contributed by atoms with Crippen molar-refractivity contribution >= 4 is 39.3 Å². The Kier molecular flexibility index (Phi) is 5.23. The number of hydrogen-bond donors (Lipinski definition) is 0. The summed E-state index contributed by atoms with van der Waals surface area (Å²) in [6, 6.07) is 13.5. The fourth-order valence-corrected chi connectivity index (χ4v) is 3.49. The fourth-order valence-electron chi connectivity index (χ4n) is 3.06. The van der Waals surface area contributed by atoms with Gasteiger partial charge in [0.05, 0.1) is 5.69 Å². The van der Waals surface area contributed by atoms with Gasteiger partial charge in [-0.05, 0) is 58.4 Å². The van der Waals surface area contributed by atoms with Crippen LogP contribution in [0.5, 0.6) is 0 Å². The van der Waals surface area contributed by atoms with Crippen molar-refractivity contribution < 1.29 is 9.21 Å². The maximum Gasteiger partial charge on any atom is 0.289 e. The second-order valence-electron chi connectivity index (χ2n) is 6.30. The van der Waals surface area contributed by atoms with Crippen LogP contribution in [-0.2, 0) is 0 Å². The first-order chi connectivity index (χ1) is 13.5. The van der Waals surface area contributed by atoms with Crippen LogP contribution in [0.2, 0.25) is 5.02 Å². The summed E-state index contributed by atoms with van der Waals surface area (Å²) in [6.45, 7) is 2.30. The number of carbonyl (C=O) groups excluding carboxylic acids is 1. The maximum atomic E-state index is 12.5. The number of hydrogen-bond acceptors (Lipinski definition) is 5. The Labute approximate surface area is 174 Å². The van der Waals surface area contributed by atoms with Crippen LogP contribution in [0.4, 0.5) is 5.82 Å². The molecular weight excluding hydrogens is 448 g/mol. The molecule has 9 heteroatoms. The predicted molar refractivity (Wildman–Crippen MR) is 109 cm³/mol. The van der Waals surface area contributed by atoms with Crippen LogP contribution in [0.1, 0.15) is 10.6 Å². The SMILES string of the molecule is O=C(c1ccc(Br)o1)N1CCN(c2ccc(=O)n(-c3ccc(Cl)cc3)n2)CC1. The molecule has 0 aliphatic carbocycles. The highest BCUT2D eigenvalue weighted by Crippen LogP contribution is 2.19. The van der Waals surface area contributed by atoms with Crippen molar-refractivity contribution in [3.8, 4) is 5.69 Å². The Bertz CT molecular complexity index is 1060. The molecule has 1 aromatic carbocycles. The first kappa shape index (κ1) is 18.8. The minimum absolute atomic E-state index is 0.135. The van der Waals surface area contributed by atoms with Crippen LogP contribution in [0, 0.1) is 0 Å². The predicted octanol–water partition coefficient (Wildman–Crippen LogP) is 3.20. The van der Waals surface area contributed by atoms with Crippen molar-refractivity contribution in [2.45, 2.75) is 0 Å². The number of rotatable bonds is 3. The molecule has 0 spiro atoms. The molecule has 3 aromatic rings. The van der Waals surface area contributed by atoms with Gasteiger partial charge in [-0.2, -0.15) is 4.68 Å². The normalized spacial score (nSPS) is 14.4. The first-order valence-corrected chi connectivity index (χ1v) is 9.84. The third-order valence-electron chi connectivity index (χ3n) is 4.53. The lowest BCUT2D eigenvalue weighted by Gasteiger charge is -2.35. The molecule has 28 heavy (non-hydrogen) atoms. The Morgan fingerprint density at radius 1 is 1.00 bits per heavy atom. The molecule has 1 amide bonds. The molecule has 1 aliphatic heterocycles. The van der Waals surface area contributed by atoms with Gasteiger partial charge in [0.15, 0.2) is 10.4 Å². The Balaban J connectivity index is 1.49. The molecule has 0 bridgehead atoms. The summed E-state index contributed by atoms with van der Waals surface area (Å²) in [5.74, 6) is 0.863. The van der Waals surface area contributed by atoms with Crippen LogP contribution < -0.4 is 10.5 Å². The van der Waals surface area contributed by atoms with Crippen LogP contribution in [-0.4, -0.2) is 46.8 Å². The second-order valence-corrected chi connectivity index (χ2v) is 7.52. The average Bonchev–Trinajstić information content (AvgIpc) is 3.15. The largest absolute Gasteiger partial charge is 0.444 e. The van der Waals surface area contributed by atoms with E-state index in [0.717, 1.165) is 0 Å². The highest BCUT2D eigenvalue weighted by molar-refractivity contribution is 9.10. The number of aromatic nitrogens is 2. The van der Waals surface area contributed by atoms with Gasteiger partial charge >= 0.3 is 0 Å². The van der Waals surface area contributed by atoms with Crippen LogP contribution in [0.25, 0.3) is 5.69 Å². The molecule has 4 rings (SSSR count). The summed E-state index contributed by atoms with van der Waals surface area (Å²) >= 11 is 9.13. The number of furan rings is 1. The number of anilines is 1. The maximum absolute atomic E-state index is 12.5. The molecule has 0 saturated carbocycles. The smallest absolute Gasteiger partial charge is 0.289 e. The summed E-state index contributed by atoms with van der Waals surface area (Å²) in [7, 11) is 0. The van der Waals surface area contributed by atoms with Gasteiger partial charge in [-0.1, -0.05) is 11.6 Å². The third kappa shape index (κ3) is 3.83. The van der Waals surface area contributed by atoms with E-state index >= 15 is 0 Å². The Hall–Kier alpha value is -2.58. The molecule has 2 aromatic heterocycles. The van der Waals surface area contributed by atoms with Gasteiger partial charge in [-0.3, -0.25) is 9.59 Å². The standard InChI is InChI=1S/C19H16BrClN4O3/c20-16-6-5-15(28-16)19(27)24-11-9-23(10-12-24)17-7-8-18(26)25(22-17)14-3-1-13(21)2-4-14/h1-8H,9-12H2. The zero-order valence-corrected chi connectivity index (χ0v) is 17.1. The summed E-state index contributed by atoms with van der Waals surface area (Å²) < 4.78 is 7.23. The van der Waals surface area contributed by atoms with Crippen molar-refractivity contribution in [3.63, 3.8) is 0 Å². The van der Waals surface area contributed by atoms with Gasteiger partial charge < -0.3 is 14.2 Å². The molecule has 3 heterocycles. The van der Waals surface area contributed by atoms with Crippen LogP contribution >= 0.6 is 27.5 Å². The van der Waals surface area contributed by atoms with Gasteiger partial charge in [-0.25, -0.2) is 0 Å². The molecular formula is C19H16BrClN4O3. The van der Waals surface area contributed by atoms with Gasteiger partial charge in [0, 0.05) is 37.3 Å². The molecule has 7 nitrogen and oxygen atoms in total. The van der Waals surface area contributed by atoms with Gasteiger partial charge in [-0.15, -0.1) is 5.10 Å². The zero-order chi connectivity index (χ0) is 19.7. The average molecular weight is 464 g/mol. The monoisotopic (exact) mass is 462 g/mol. The van der Waals surface area contributed by atoms with E-state index in [4.69, 9.17) is 16.0 Å². The highest BCUT2D eigenvalue weighted by atomic mass is 79.9. The molecule has 144 valence electrons. The van der Waals surface area contributed by atoms with Gasteiger partial charge in [0.2, 0.25) is 0 Å². The minimum Gasteiger partial charge on any atom is -0.444 e. The number of benzene rings is 1. The van der Waals surface area contributed by atoms with E-state index in [1.807, 2.05) is 4.90 Å². The van der Waals surface area contributed by atoms with E-state index in [9.17, 15) is 9.59 Å². The van der Waals surface area contributed by atoms with E-state index in [0.29, 0.717) is 53.1 Å². The lowest BCUT2D eigenvalue weighted by molar-refractivity contribution is 0.0713. The summed E-state index contributed by atoms with van der Waals surface area (Å²) in [5.41, 5.74) is 0.428. The lowest BCUT2D eigenvalue weighted by Crippen LogP contribution is -2.49. The third-order valence-corrected chi connectivity index (χ3v) is 5.21. The summed E-state index contributed by atoms with van der Waals surface area (Å²) in [5, 5.41) is 5.08. The molecule has 1 aliphatic rings. The highest BCUT2D eigenvalue weighted by Gasteiger charge is 2.25. The lowest BCUT2D eigenvalue weighted by atomic mass is 10.2. The quantitative estimate of drug-likeness (QED) is 0.596. The Morgan fingerprint density at radius 2 is 1.71 bits per heavy atom. The number of piperazine rings is 1. The van der Waals surface area contributed by atoms with E-state index in [2.05, 4.69) is 21.0 Å². The number of amides is 1. The van der Waals surface area contributed by atoms with E-state index in [1.54, 1.807) is 47.4 Å². The first-order valence-electron chi connectivity index (χ1n) is 8.67. The minimum atomic E-state index is -0.219. The van der Waals surface area contributed by atoms with E-state index in [1.165, 1.54) is 10.7 Å². The van der Waals surface area contributed by atoms with Crippen molar-refractivity contribution in [1.82, 2.24) is 14.7 Å². The van der Waals surface area contributed by atoms with E-state index in [-0.39, 0.29) is 11.5 Å². The van der Waals surface area contributed by atoms with Gasteiger partial charge in [0.25, 0.3) is 11.5 Å². The fraction of sp³-hybridized carbons (Fsp3) is 0.211. The van der Waals surface area contributed by atoms with Crippen molar-refractivity contribution in [1.29, 1.82) is 0 Å². The zero-order valence-electron chi connectivity index (χ0n) is 14.7. The van der Waals surface area contributed by atoms with Crippen molar-refractivity contribution in [2.75, 3.05) is 31.1 Å². The van der Waals surface area contributed by atoms with Crippen molar-refractivity contribution in [3.05, 3.63) is 74.3 Å². The summed E-state index contributed by atoms with van der Waals surface area (Å²) in [4.78, 5) is 28.5. The number of halogens is 2. The molecule has 0 N–H and O–H groups in total. The molecule has 1 fully saturated rings. The molecule has 1 saturated heterocycles. The topological polar surface area (TPSA) is 71.6 Å². The molecule has 0 atom stereocenters. The number of carbonyl (C=O) groups is 1. The Morgan fingerprint density at radius 3 is 2.36 bits per heavy atom. The summed E-state index contributed by atoms with van der Waals surface area (Å²) in [6.07, 6.45) is 0. The van der Waals surface area contributed by atoms with Gasteiger partial charge in [0.1, 0.15) is 5.82 Å². The molecule has 0 unspecified atom stereocenters. The second kappa shape index (κ2) is 7.81. The molecule has 0 radical (unpaired) electrons.